The van der Waals surface area contributed by atoms with Crippen molar-refractivity contribution in [2.24, 2.45) is 29.1 Å². The number of carboxylic acid groups (broad SMARTS) is 2. The number of esters is 2. The van der Waals surface area contributed by atoms with E-state index in [0.29, 0.717) is 30.1 Å². The minimum atomic E-state index is -0.998. The quantitative estimate of drug-likeness (QED) is 0.342. The Kier molecular flexibility index (Phi) is 9.59. The van der Waals surface area contributed by atoms with E-state index in [9.17, 15) is 19.2 Å². The van der Waals surface area contributed by atoms with Crippen molar-refractivity contribution in [2.45, 2.75) is 110 Å². The Bertz CT molecular complexity index is 864. The molecule has 2 N–H and O–H groups in total. The summed E-state index contributed by atoms with van der Waals surface area (Å²) in [6, 6.07) is 0. The number of carbonyl (C=O) groups is 4. The van der Waals surface area contributed by atoms with Gasteiger partial charge in [0.05, 0.1) is 25.7 Å². The van der Waals surface area contributed by atoms with E-state index < -0.39 is 23.9 Å². The van der Waals surface area contributed by atoms with E-state index in [-0.39, 0.29) is 43.3 Å². The third-order valence-corrected chi connectivity index (χ3v) is 9.03. The zero-order valence-corrected chi connectivity index (χ0v) is 21.9. The van der Waals surface area contributed by atoms with Crippen LogP contribution in [0.1, 0.15) is 97.8 Å². The highest BCUT2D eigenvalue weighted by molar-refractivity contribution is 5.77. The molecule has 3 aliphatic carbocycles. The second-order valence-electron chi connectivity index (χ2n) is 11.5. The molecule has 0 aromatic heterocycles. The van der Waals surface area contributed by atoms with Crippen molar-refractivity contribution in [1.29, 1.82) is 0 Å². The SMILES string of the molecule is C/C1=C\CC2C(CCC3(C)C(OC(=O)CCC(=O)O)CCC23)C(C)CCC(OC(=O)CCC(=O)O)C1. The molecule has 0 aromatic carbocycles. The summed E-state index contributed by atoms with van der Waals surface area (Å²) >= 11 is 0. The first kappa shape index (κ1) is 28.2. The largest absolute Gasteiger partial charge is 0.481 e. The summed E-state index contributed by atoms with van der Waals surface area (Å²) < 4.78 is 11.5. The van der Waals surface area contributed by atoms with E-state index in [1.165, 1.54) is 5.57 Å². The van der Waals surface area contributed by atoms with Crippen molar-refractivity contribution in [3.63, 3.8) is 0 Å². The Morgan fingerprint density at radius 3 is 2.17 bits per heavy atom. The topological polar surface area (TPSA) is 127 Å². The van der Waals surface area contributed by atoms with Gasteiger partial charge in [-0.3, -0.25) is 19.2 Å². The highest BCUT2D eigenvalue weighted by Crippen LogP contribution is 2.59. The second kappa shape index (κ2) is 12.2. The first-order valence-electron chi connectivity index (χ1n) is 13.5. The van der Waals surface area contributed by atoms with Gasteiger partial charge < -0.3 is 19.7 Å². The number of allylic oxidation sites excluding steroid dienone is 1. The van der Waals surface area contributed by atoms with Gasteiger partial charge in [0, 0.05) is 11.8 Å². The molecule has 0 aromatic rings. The monoisotopic (exact) mass is 506 g/mol. The van der Waals surface area contributed by atoms with E-state index in [2.05, 4.69) is 26.8 Å². The third-order valence-electron chi connectivity index (χ3n) is 9.03. The van der Waals surface area contributed by atoms with Crippen LogP contribution in [0.5, 0.6) is 0 Å². The Labute approximate surface area is 213 Å². The zero-order valence-electron chi connectivity index (χ0n) is 21.9. The molecular formula is C28H42O8. The lowest BCUT2D eigenvalue weighted by atomic mass is 9.56. The van der Waals surface area contributed by atoms with E-state index in [1.807, 2.05) is 0 Å². The molecule has 0 radical (unpaired) electrons. The summed E-state index contributed by atoms with van der Waals surface area (Å²) in [4.78, 5) is 46.1. The van der Waals surface area contributed by atoms with Crippen LogP contribution in [0.3, 0.4) is 0 Å². The van der Waals surface area contributed by atoms with Crippen LogP contribution in [-0.2, 0) is 28.7 Å². The average Bonchev–Trinajstić information content (AvgIpc) is 3.13. The minimum Gasteiger partial charge on any atom is -0.481 e. The number of carboxylic acids is 2. The van der Waals surface area contributed by atoms with E-state index in [1.54, 1.807) is 0 Å². The number of hydrogen-bond acceptors (Lipinski definition) is 6. The summed E-state index contributed by atoms with van der Waals surface area (Å²) in [5.41, 5.74) is 1.09. The van der Waals surface area contributed by atoms with Gasteiger partial charge in [-0.2, -0.15) is 0 Å². The van der Waals surface area contributed by atoms with Gasteiger partial charge in [-0.1, -0.05) is 25.5 Å². The Balaban J connectivity index is 1.68. The lowest BCUT2D eigenvalue weighted by Gasteiger charge is -2.50. The molecule has 202 valence electrons. The summed E-state index contributed by atoms with van der Waals surface area (Å²) in [6.45, 7) is 6.62. The molecule has 2 saturated carbocycles. The predicted octanol–water partition coefficient (Wildman–Crippen LogP) is 5.14. The molecule has 0 aliphatic heterocycles. The Morgan fingerprint density at radius 2 is 1.53 bits per heavy atom. The smallest absolute Gasteiger partial charge is 0.306 e. The lowest BCUT2D eigenvalue weighted by molar-refractivity contribution is -0.160. The maximum absolute atomic E-state index is 12.3. The molecule has 3 aliphatic rings. The maximum Gasteiger partial charge on any atom is 0.306 e. The first-order chi connectivity index (χ1) is 17.0. The fourth-order valence-electron chi connectivity index (χ4n) is 7.03. The summed E-state index contributed by atoms with van der Waals surface area (Å²) in [6.07, 6.45) is 8.50. The van der Waals surface area contributed by atoms with Gasteiger partial charge in [-0.05, 0) is 75.5 Å². The molecule has 0 saturated heterocycles. The van der Waals surface area contributed by atoms with Crippen molar-refractivity contribution in [3.05, 3.63) is 11.6 Å². The Morgan fingerprint density at radius 1 is 0.889 bits per heavy atom. The average molecular weight is 507 g/mol. The number of fused-ring (bicyclic) bond motifs is 3. The molecule has 8 heteroatoms. The van der Waals surface area contributed by atoms with Gasteiger partial charge in [0.1, 0.15) is 12.2 Å². The molecule has 8 nitrogen and oxygen atoms in total. The highest BCUT2D eigenvalue weighted by Gasteiger charge is 2.55. The van der Waals surface area contributed by atoms with Gasteiger partial charge in [-0.15, -0.1) is 0 Å². The van der Waals surface area contributed by atoms with Gasteiger partial charge in [0.25, 0.3) is 0 Å². The lowest BCUT2D eigenvalue weighted by Crippen LogP contribution is -2.46. The van der Waals surface area contributed by atoms with Gasteiger partial charge >= 0.3 is 23.9 Å². The zero-order chi connectivity index (χ0) is 26.5. The van der Waals surface area contributed by atoms with Crippen LogP contribution in [0.4, 0.5) is 0 Å². The molecule has 7 atom stereocenters. The molecule has 0 heterocycles. The van der Waals surface area contributed by atoms with Crippen LogP contribution in [0.15, 0.2) is 11.6 Å². The van der Waals surface area contributed by atoms with Crippen LogP contribution in [0.25, 0.3) is 0 Å². The standard InChI is InChI=1S/C28H42O8/c1-17-4-7-21-20(18(2)5-6-19(16-17)35-26(33)12-10-24(29)30)14-15-28(3)22(21)8-9-23(28)36-27(34)13-11-25(31)32/h4,18-23H,5-16H2,1-3H3,(H,29,30)(H,31,32)/b17-4+. The first-order valence-corrected chi connectivity index (χ1v) is 13.5. The molecular weight excluding hydrogens is 464 g/mol. The number of aliphatic carboxylic acids is 2. The van der Waals surface area contributed by atoms with Crippen molar-refractivity contribution in [2.75, 3.05) is 0 Å². The number of rotatable bonds is 8. The molecule has 36 heavy (non-hydrogen) atoms. The Hall–Kier alpha value is -2.38. The van der Waals surface area contributed by atoms with Crippen molar-refractivity contribution in [3.8, 4) is 0 Å². The fourth-order valence-corrected chi connectivity index (χ4v) is 7.03. The maximum atomic E-state index is 12.3. The van der Waals surface area contributed by atoms with Crippen molar-refractivity contribution in [1.82, 2.24) is 0 Å². The molecule has 2 fully saturated rings. The predicted molar refractivity (Wildman–Crippen MR) is 132 cm³/mol. The molecule has 0 spiro atoms. The fraction of sp³-hybridized carbons (Fsp3) is 0.786. The van der Waals surface area contributed by atoms with E-state index >= 15 is 0 Å². The normalized spacial score (nSPS) is 35.9. The van der Waals surface area contributed by atoms with Crippen LogP contribution in [0.2, 0.25) is 0 Å². The minimum absolute atomic E-state index is 0.0837. The van der Waals surface area contributed by atoms with Gasteiger partial charge in [0.15, 0.2) is 0 Å². The summed E-state index contributed by atoms with van der Waals surface area (Å²) in [7, 11) is 0. The number of ether oxygens (including phenoxy) is 2. The molecule has 0 bridgehead atoms. The molecule has 3 rings (SSSR count). The van der Waals surface area contributed by atoms with Crippen LogP contribution in [0, 0.1) is 29.1 Å². The van der Waals surface area contributed by atoms with Crippen LogP contribution in [-0.4, -0.2) is 46.3 Å². The van der Waals surface area contributed by atoms with Crippen molar-refractivity contribution >= 4 is 23.9 Å². The number of carbonyl (C=O) groups excluding carboxylic acids is 2. The van der Waals surface area contributed by atoms with E-state index in [4.69, 9.17) is 19.7 Å². The molecule has 0 amide bonds. The molecule has 7 unspecified atom stereocenters. The number of hydrogen-bond donors (Lipinski definition) is 2. The van der Waals surface area contributed by atoms with Gasteiger partial charge in [-0.25, -0.2) is 0 Å². The summed E-state index contributed by atoms with van der Waals surface area (Å²) in [5.74, 6) is -0.902. The van der Waals surface area contributed by atoms with Crippen molar-refractivity contribution < 1.29 is 38.9 Å². The van der Waals surface area contributed by atoms with Crippen LogP contribution < -0.4 is 0 Å². The van der Waals surface area contributed by atoms with Gasteiger partial charge in [0.2, 0.25) is 0 Å². The highest BCUT2D eigenvalue weighted by atomic mass is 16.5. The third kappa shape index (κ3) is 7.10. The van der Waals surface area contributed by atoms with Crippen LogP contribution >= 0.6 is 0 Å². The van der Waals surface area contributed by atoms with E-state index in [0.717, 1.165) is 44.9 Å². The summed E-state index contributed by atoms with van der Waals surface area (Å²) in [5, 5.41) is 17.7. The second-order valence-corrected chi connectivity index (χ2v) is 11.5.